The Balaban J connectivity index is 1.55. The molecule has 1 heterocycles. The highest BCUT2D eigenvalue weighted by molar-refractivity contribution is 7.80. The van der Waals surface area contributed by atoms with Gasteiger partial charge in [-0.1, -0.05) is 23.7 Å². The number of carbonyl (C=O) groups excluding carboxylic acids is 1. The van der Waals surface area contributed by atoms with Crippen LogP contribution < -0.4 is 25.8 Å². The number of aromatic nitrogens is 1. The second-order valence-electron chi connectivity index (χ2n) is 7.05. The zero-order chi connectivity index (χ0) is 24.2. The van der Waals surface area contributed by atoms with E-state index < -0.39 is 11.7 Å². The number of nitrogens with one attached hydrogen (secondary N) is 2. The number of nitrogens with zero attached hydrogens (tertiary/aromatic N) is 1. The van der Waals surface area contributed by atoms with Crippen LogP contribution in [0.25, 0.3) is 10.9 Å². The number of anilines is 2. The standard InChI is InChI=1S/C24H18ClFN4O3S/c1-32-22-12-20-14(11-15(22)23(27)31)21(8-9-28-20)33-13-6-7-18(16(25)10-13)29-24(34)30-19-5-3-2-4-17(19)26/h2-12H,1H3,(H2,27,31)(H2,29,30,34). The molecule has 1 amide bonds. The second kappa shape index (κ2) is 9.90. The number of methoxy groups -OCH3 is 1. The molecule has 0 fully saturated rings. The number of carbonyl (C=O) groups is 1. The maximum atomic E-state index is 13.8. The average Bonchev–Trinajstić information content (AvgIpc) is 2.81. The van der Waals surface area contributed by atoms with Gasteiger partial charge in [0, 0.05) is 23.7 Å². The fourth-order valence-corrected chi connectivity index (χ4v) is 3.66. The van der Waals surface area contributed by atoms with Crippen LogP contribution in [-0.4, -0.2) is 23.1 Å². The summed E-state index contributed by atoms with van der Waals surface area (Å²) in [7, 11) is 1.45. The molecule has 0 aliphatic heterocycles. The Kier molecular flexibility index (Phi) is 6.76. The SMILES string of the molecule is COc1cc2nccc(Oc3ccc(NC(=S)Nc4ccccc4F)c(Cl)c3)c2cc1C(N)=O. The van der Waals surface area contributed by atoms with Crippen molar-refractivity contribution in [2.45, 2.75) is 0 Å². The monoisotopic (exact) mass is 496 g/mol. The average molecular weight is 497 g/mol. The molecule has 4 N–H and O–H groups in total. The van der Waals surface area contributed by atoms with Crippen LogP contribution >= 0.6 is 23.8 Å². The van der Waals surface area contributed by atoms with E-state index in [-0.39, 0.29) is 16.4 Å². The minimum Gasteiger partial charge on any atom is -0.496 e. The number of pyridine rings is 1. The number of fused-ring (bicyclic) bond motifs is 1. The first kappa shape index (κ1) is 23.2. The molecule has 7 nitrogen and oxygen atoms in total. The molecule has 4 aromatic rings. The molecular weight excluding hydrogens is 479 g/mol. The van der Waals surface area contributed by atoms with Crippen molar-refractivity contribution in [3.63, 3.8) is 0 Å². The normalized spacial score (nSPS) is 10.6. The fourth-order valence-electron chi connectivity index (χ4n) is 3.22. The van der Waals surface area contributed by atoms with Crippen LogP contribution in [0.15, 0.2) is 66.9 Å². The number of nitrogens with two attached hydrogens (primary N) is 1. The van der Waals surface area contributed by atoms with Crippen LogP contribution in [0.4, 0.5) is 15.8 Å². The van der Waals surface area contributed by atoms with Crippen molar-refractivity contribution in [2.24, 2.45) is 5.73 Å². The van der Waals surface area contributed by atoms with E-state index in [1.54, 1.807) is 60.8 Å². The summed E-state index contributed by atoms with van der Waals surface area (Å²) >= 11 is 11.7. The topological polar surface area (TPSA) is 98.5 Å². The maximum Gasteiger partial charge on any atom is 0.252 e. The van der Waals surface area contributed by atoms with Gasteiger partial charge in [0.25, 0.3) is 5.91 Å². The third-order valence-corrected chi connectivity index (χ3v) is 5.34. The van der Waals surface area contributed by atoms with Gasteiger partial charge >= 0.3 is 0 Å². The predicted molar refractivity (Wildman–Crippen MR) is 135 cm³/mol. The molecular formula is C24H18ClFN4O3S. The highest BCUT2D eigenvalue weighted by Crippen LogP contribution is 2.35. The van der Waals surface area contributed by atoms with Crippen molar-refractivity contribution in [2.75, 3.05) is 17.7 Å². The first-order valence-corrected chi connectivity index (χ1v) is 10.7. The van der Waals surface area contributed by atoms with E-state index in [0.717, 1.165) is 0 Å². The molecule has 10 heteroatoms. The molecule has 0 atom stereocenters. The van der Waals surface area contributed by atoms with E-state index in [4.69, 9.17) is 39.0 Å². The van der Waals surface area contributed by atoms with Crippen LogP contribution in [0.1, 0.15) is 10.4 Å². The molecule has 0 aliphatic carbocycles. The van der Waals surface area contributed by atoms with Gasteiger partial charge in [0.15, 0.2) is 5.11 Å². The summed E-state index contributed by atoms with van der Waals surface area (Å²) in [6.45, 7) is 0. The summed E-state index contributed by atoms with van der Waals surface area (Å²) < 4.78 is 25.1. The molecule has 1 aromatic heterocycles. The Morgan fingerprint density at radius 2 is 1.82 bits per heavy atom. The molecule has 4 rings (SSSR count). The lowest BCUT2D eigenvalue weighted by molar-refractivity contribution is 0.0997. The Labute approximate surface area is 204 Å². The summed E-state index contributed by atoms with van der Waals surface area (Å²) in [5, 5.41) is 6.79. The molecule has 0 bridgehead atoms. The Hall–Kier alpha value is -3.95. The van der Waals surface area contributed by atoms with Gasteiger partial charge in [0.2, 0.25) is 0 Å². The number of rotatable bonds is 6. The number of thiocarbonyl (C=S) groups is 1. The van der Waals surface area contributed by atoms with Gasteiger partial charge in [-0.25, -0.2) is 4.39 Å². The van der Waals surface area contributed by atoms with Crippen molar-refractivity contribution in [3.8, 4) is 17.2 Å². The summed E-state index contributed by atoms with van der Waals surface area (Å²) in [6, 6.07) is 16.0. The highest BCUT2D eigenvalue weighted by atomic mass is 35.5. The number of amides is 1. The van der Waals surface area contributed by atoms with E-state index >= 15 is 0 Å². The number of primary amides is 1. The molecule has 0 saturated carbocycles. The molecule has 3 aromatic carbocycles. The number of halogens is 2. The van der Waals surface area contributed by atoms with Gasteiger partial charge in [0.1, 0.15) is 23.1 Å². The van der Waals surface area contributed by atoms with Crippen LogP contribution in [-0.2, 0) is 0 Å². The van der Waals surface area contributed by atoms with Crippen molar-refractivity contribution in [3.05, 3.63) is 83.3 Å². The highest BCUT2D eigenvalue weighted by Gasteiger charge is 2.15. The number of benzene rings is 3. The molecule has 0 radical (unpaired) electrons. The van der Waals surface area contributed by atoms with Crippen LogP contribution in [0.3, 0.4) is 0 Å². The maximum absolute atomic E-state index is 13.8. The lowest BCUT2D eigenvalue weighted by atomic mass is 10.1. The molecule has 0 spiro atoms. The van der Waals surface area contributed by atoms with Gasteiger partial charge in [-0.05, 0) is 48.6 Å². The molecule has 0 unspecified atom stereocenters. The quantitative estimate of drug-likeness (QED) is 0.293. The summed E-state index contributed by atoms with van der Waals surface area (Å²) in [5.41, 5.74) is 6.99. The summed E-state index contributed by atoms with van der Waals surface area (Å²) in [4.78, 5) is 16.1. The predicted octanol–water partition coefficient (Wildman–Crippen LogP) is 5.74. The minimum atomic E-state index is -0.632. The summed E-state index contributed by atoms with van der Waals surface area (Å²) in [6.07, 6.45) is 1.57. The number of ether oxygens (including phenoxy) is 2. The van der Waals surface area contributed by atoms with E-state index in [9.17, 15) is 9.18 Å². The molecule has 0 saturated heterocycles. The first-order chi connectivity index (χ1) is 16.4. The van der Waals surface area contributed by atoms with E-state index in [0.29, 0.717) is 38.9 Å². The van der Waals surface area contributed by atoms with Crippen LogP contribution in [0.2, 0.25) is 5.02 Å². The Morgan fingerprint density at radius 1 is 1.06 bits per heavy atom. The number of para-hydroxylation sites is 1. The zero-order valence-corrected chi connectivity index (χ0v) is 19.3. The van der Waals surface area contributed by atoms with Crippen LogP contribution in [0, 0.1) is 5.82 Å². The third kappa shape index (κ3) is 5.00. The van der Waals surface area contributed by atoms with Gasteiger partial charge in [0.05, 0.1) is 34.6 Å². The van der Waals surface area contributed by atoms with Gasteiger partial charge in [-0.3, -0.25) is 9.78 Å². The van der Waals surface area contributed by atoms with Crippen LogP contribution in [0.5, 0.6) is 17.2 Å². The van der Waals surface area contributed by atoms with E-state index in [1.165, 1.54) is 13.2 Å². The van der Waals surface area contributed by atoms with E-state index in [1.807, 2.05) is 0 Å². The van der Waals surface area contributed by atoms with Crippen molar-refractivity contribution < 1.29 is 18.7 Å². The largest absolute Gasteiger partial charge is 0.496 e. The van der Waals surface area contributed by atoms with Gasteiger partial charge < -0.3 is 25.8 Å². The molecule has 34 heavy (non-hydrogen) atoms. The molecule has 0 aliphatic rings. The fraction of sp³-hybridized carbons (Fsp3) is 0.0417. The number of hydrogen-bond acceptors (Lipinski definition) is 5. The lowest BCUT2D eigenvalue weighted by Crippen LogP contribution is -2.19. The van der Waals surface area contributed by atoms with Crippen molar-refractivity contribution >= 4 is 57.1 Å². The van der Waals surface area contributed by atoms with Gasteiger partial charge in [-0.2, -0.15) is 0 Å². The molecule has 172 valence electrons. The van der Waals surface area contributed by atoms with E-state index in [2.05, 4.69) is 15.6 Å². The lowest BCUT2D eigenvalue weighted by Gasteiger charge is -2.14. The summed E-state index contributed by atoms with van der Waals surface area (Å²) in [5.74, 6) is 0.148. The minimum absolute atomic E-state index is 0.175. The van der Waals surface area contributed by atoms with Crippen molar-refractivity contribution in [1.82, 2.24) is 4.98 Å². The zero-order valence-electron chi connectivity index (χ0n) is 17.8. The first-order valence-electron chi connectivity index (χ1n) is 9.92. The Bertz CT molecular complexity index is 1420. The smallest absolute Gasteiger partial charge is 0.252 e. The van der Waals surface area contributed by atoms with Gasteiger partial charge in [-0.15, -0.1) is 0 Å². The Morgan fingerprint density at radius 3 is 2.53 bits per heavy atom. The van der Waals surface area contributed by atoms with Crippen molar-refractivity contribution in [1.29, 1.82) is 0 Å². The number of hydrogen-bond donors (Lipinski definition) is 3. The second-order valence-corrected chi connectivity index (χ2v) is 7.86. The third-order valence-electron chi connectivity index (χ3n) is 4.83.